The molecule has 1 N–H and O–H groups in total. The average Bonchev–Trinajstić information content (AvgIpc) is 3.14. The summed E-state index contributed by atoms with van der Waals surface area (Å²) in [5.74, 6) is 0. The van der Waals surface area contributed by atoms with Gasteiger partial charge in [-0.25, -0.2) is 4.98 Å². The van der Waals surface area contributed by atoms with E-state index in [2.05, 4.69) is 30.5 Å². The van der Waals surface area contributed by atoms with E-state index in [-0.39, 0.29) is 6.04 Å². The zero-order valence-electron chi connectivity index (χ0n) is 12.9. The van der Waals surface area contributed by atoms with E-state index in [1.54, 1.807) is 0 Å². The molecule has 114 valence electrons. The van der Waals surface area contributed by atoms with E-state index in [0.29, 0.717) is 0 Å². The topological polar surface area (TPSA) is 42.7 Å². The van der Waals surface area contributed by atoms with Gasteiger partial charge < -0.3 is 5.32 Å². The second-order valence-electron chi connectivity index (χ2n) is 5.65. The van der Waals surface area contributed by atoms with Gasteiger partial charge in [0.15, 0.2) is 0 Å². The van der Waals surface area contributed by atoms with Crippen molar-refractivity contribution in [1.29, 1.82) is 0 Å². The van der Waals surface area contributed by atoms with Gasteiger partial charge >= 0.3 is 0 Å². The van der Waals surface area contributed by atoms with Crippen molar-refractivity contribution in [2.75, 3.05) is 6.54 Å². The summed E-state index contributed by atoms with van der Waals surface area (Å²) in [6.07, 6.45) is 10.2. The van der Waals surface area contributed by atoms with Gasteiger partial charge in [-0.1, -0.05) is 6.92 Å². The first-order valence-electron chi connectivity index (χ1n) is 8.06. The predicted molar refractivity (Wildman–Crippen MR) is 86.8 cm³/mol. The van der Waals surface area contributed by atoms with Crippen LogP contribution < -0.4 is 5.32 Å². The standard InChI is InChI=1S/C16H24N4S/c1-3-9-17-15(12-10-18-20(4-2)11-12)16-19-13-7-5-6-8-14(13)21-16/h10-11,15,17H,3-9H2,1-2H3. The van der Waals surface area contributed by atoms with Crippen LogP contribution in [-0.4, -0.2) is 21.3 Å². The Morgan fingerprint density at radius 2 is 2.19 bits per heavy atom. The molecule has 1 aliphatic carbocycles. The highest BCUT2D eigenvalue weighted by molar-refractivity contribution is 7.11. The highest BCUT2D eigenvalue weighted by Crippen LogP contribution is 2.32. The van der Waals surface area contributed by atoms with Crippen molar-refractivity contribution in [2.45, 2.75) is 58.5 Å². The van der Waals surface area contributed by atoms with Crippen LogP contribution in [0.4, 0.5) is 0 Å². The monoisotopic (exact) mass is 304 g/mol. The van der Waals surface area contributed by atoms with Crippen molar-refractivity contribution < 1.29 is 0 Å². The number of rotatable bonds is 6. The van der Waals surface area contributed by atoms with E-state index < -0.39 is 0 Å². The fourth-order valence-corrected chi connectivity index (χ4v) is 4.09. The molecule has 0 bridgehead atoms. The molecule has 1 aliphatic rings. The zero-order chi connectivity index (χ0) is 14.7. The maximum Gasteiger partial charge on any atom is 0.115 e. The molecule has 0 aromatic carbocycles. The predicted octanol–water partition coefficient (Wildman–Crippen LogP) is 3.33. The molecule has 0 amide bonds. The third-order valence-electron chi connectivity index (χ3n) is 4.02. The first-order chi connectivity index (χ1) is 10.3. The lowest BCUT2D eigenvalue weighted by Gasteiger charge is -2.14. The highest BCUT2D eigenvalue weighted by atomic mass is 32.1. The summed E-state index contributed by atoms with van der Waals surface area (Å²) in [7, 11) is 0. The van der Waals surface area contributed by atoms with E-state index in [0.717, 1.165) is 25.9 Å². The summed E-state index contributed by atoms with van der Waals surface area (Å²) in [5, 5.41) is 9.28. The molecule has 2 aromatic heterocycles. The molecule has 0 fully saturated rings. The molecule has 0 spiro atoms. The Morgan fingerprint density at radius 1 is 1.33 bits per heavy atom. The van der Waals surface area contributed by atoms with Crippen LogP contribution >= 0.6 is 11.3 Å². The summed E-state index contributed by atoms with van der Waals surface area (Å²) in [6, 6.07) is 0.195. The first-order valence-corrected chi connectivity index (χ1v) is 8.87. The normalized spacial score (nSPS) is 15.9. The number of aromatic nitrogens is 3. The fraction of sp³-hybridized carbons (Fsp3) is 0.625. The lowest BCUT2D eigenvalue weighted by molar-refractivity contribution is 0.590. The van der Waals surface area contributed by atoms with Gasteiger partial charge in [-0.15, -0.1) is 11.3 Å². The molecule has 0 aliphatic heterocycles. The van der Waals surface area contributed by atoms with Gasteiger partial charge in [0.2, 0.25) is 0 Å². The van der Waals surface area contributed by atoms with Gasteiger partial charge in [-0.2, -0.15) is 5.10 Å². The third kappa shape index (κ3) is 3.19. The lowest BCUT2D eigenvalue weighted by Crippen LogP contribution is -2.22. The van der Waals surface area contributed by atoms with Crippen molar-refractivity contribution in [3.8, 4) is 0 Å². The quantitative estimate of drug-likeness (QED) is 0.890. The SMILES string of the molecule is CCCNC(c1cnn(CC)c1)c1nc2c(s1)CCCC2. The molecule has 3 rings (SSSR count). The Labute approximate surface area is 130 Å². The molecule has 0 saturated heterocycles. The van der Waals surface area contributed by atoms with Crippen LogP contribution in [0.2, 0.25) is 0 Å². The third-order valence-corrected chi connectivity index (χ3v) is 5.24. The number of fused-ring (bicyclic) bond motifs is 1. The summed E-state index contributed by atoms with van der Waals surface area (Å²) in [4.78, 5) is 6.44. The van der Waals surface area contributed by atoms with Gasteiger partial charge in [0, 0.05) is 23.2 Å². The van der Waals surface area contributed by atoms with Crippen molar-refractivity contribution in [3.63, 3.8) is 0 Å². The molecule has 1 unspecified atom stereocenters. The molecule has 2 heterocycles. The molecule has 0 saturated carbocycles. The molecule has 1 atom stereocenters. The molecule has 21 heavy (non-hydrogen) atoms. The zero-order valence-corrected chi connectivity index (χ0v) is 13.7. The van der Waals surface area contributed by atoms with Crippen LogP contribution in [0.1, 0.15) is 60.3 Å². The number of hydrogen-bond acceptors (Lipinski definition) is 4. The Morgan fingerprint density at radius 3 is 2.90 bits per heavy atom. The largest absolute Gasteiger partial charge is 0.304 e. The first kappa shape index (κ1) is 14.7. The van der Waals surface area contributed by atoms with Crippen molar-refractivity contribution in [2.24, 2.45) is 0 Å². The van der Waals surface area contributed by atoms with Crippen LogP contribution in [0.25, 0.3) is 0 Å². The molecule has 0 radical (unpaired) electrons. The smallest absolute Gasteiger partial charge is 0.115 e. The lowest BCUT2D eigenvalue weighted by atomic mass is 10.0. The van der Waals surface area contributed by atoms with E-state index >= 15 is 0 Å². The van der Waals surface area contributed by atoms with E-state index in [1.165, 1.54) is 40.4 Å². The van der Waals surface area contributed by atoms with Gasteiger partial charge in [0.1, 0.15) is 5.01 Å². The maximum atomic E-state index is 4.93. The Kier molecular flexibility index (Phi) is 4.70. The summed E-state index contributed by atoms with van der Waals surface area (Å²) in [5.41, 5.74) is 2.57. The number of thiazole rings is 1. The van der Waals surface area contributed by atoms with Gasteiger partial charge in [0.25, 0.3) is 0 Å². The number of aryl methyl sites for hydroxylation is 3. The second kappa shape index (κ2) is 6.71. The van der Waals surface area contributed by atoms with Crippen LogP contribution in [0, 0.1) is 0 Å². The molecular formula is C16H24N4S. The van der Waals surface area contributed by atoms with Crippen molar-refractivity contribution >= 4 is 11.3 Å². The van der Waals surface area contributed by atoms with Crippen molar-refractivity contribution in [3.05, 3.63) is 33.5 Å². The van der Waals surface area contributed by atoms with E-state index in [9.17, 15) is 0 Å². The minimum Gasteiger partial charge on any atom is -0.304 e. The number of nitrogens with zero attached hydrogens (tertiary/aromatic N) is 3. The number of nitrogens with one attached hydrogen (secondary N) is 1. The fourth-order valence-electron chi connectivity index (χ4n) is 2.83. The Balaban J connectivity index is 1.89. The minimum absolute atomic E-state index is 0.195. The molecular weight excluding hydrogens is 280 g/mol. The summed E-state index contributed by atoms with van der Waals surface area (Å²) >= 11 is 1.89. The van der Waals surface area contributed by atoms with E-state index in [1.807, 2.05) is 22.2 Å². The van der Waals surface area contributed by atoms with Gasteiger partial charge in [-0.05, 0) is 45.6 Å². The van der Waals surface area contributed by atoms with Crippen LogP contribution in [0.15, 0.2) is 12.4 Å². The minimum atomic E-state index is 0.195. The number of hydrogen-bond donors (Lipinski definition) is 1. The van der Waals surface area contributed by atoms with Gasteiger partial charge in [0.05, 0.1) is 17.9 Å². The molecule has 5 heteroatoms. The van der Waals surface area contributed by atoms with E-state index in [4.69, 9.17) is 4.98 Å². The average molecular weight is 304 g/mol. The van der Waals surface area contributed by atoms with Crippen LogP contribution in [0.5, 0.6) is 0 Å². The van der Waals surface area contributed by atoms with Crippen molar-refractivity contribution in [1.82, 2.24) is 20.1 Å². The summed E-state index contributed by atoms with van der Waals surface area (Å²) in [6.45, 7) is 6.24. The maximum absolute atomic E-state index is 4.93. The highest BCUT2D eigenvalue weighted by Gasteiger charge is 2.22. The summed E-state index contributed by atoms with van der Waals surface area (Å²) < 4.78 is 1.99. The molecule has 4 nitrogen and oxygen atoms in total. The Bertz CT molecular complexity index is 563. The second-order valence-corrected chi connectivity index (χ2v) is 6.76. The van der Waals surface area contributed by atoms with Gasteiger partial charge in [-0.3, -0.25) is 4.68 Å². The Hall–Kier alpha value is -1.20. The van der Waals surface area contributed by atoms with Crippen LogP contribution in [0.3, 0.4) is 0 Å². The molecule has 2 aromatic rings. The van der Waals surface area contributed by atoms with Crippen LogP contribution in [-0.2, 0) is 19.4 Å².